The highest BCUT2D eigenvalue weighted by atomic mass is 32.2. The fourth-order valence-electron chi connectivity index (χ4n) is 2.92. The van der Waals surface area contributed by atoms with Gasteiger partial charge in [-0.25, -0.2) is 0 Å². The number of carbonyl (C=O) groups excluding carboxylic acids is 1. The minimum Gasteiger partial charge on any atom is -0.299 e. The standard InChI is InChI=1S/C16H22O4S/c1-16(2)10-9-14(17)13(11-16)15(20-21(3,18)19)12-7-5-4-6-8-12/h4-8,13,15H,9-11H2,1-3H3. The quantitative estimate of drug-likeness (QED) is 0.802. The van der Waals surface area contributed by atoms with Crippen molar-refractivity contribution in [2.45, 2.75) is 39.2 Å². The molecule has 2 atom stereocenters. The normalized spacial score (nSPS) is 23.8. The van der Waals surface area contributed by atoms with Gasteiger partial charge in [0.1, 0.15) is 11.9 Å². The Morgan fingerprint density at radius 2 is 1.86 bits per heavy atom. The van der Waals surface area contributed by atoms with Crippen molar-refractivity contribution in [1.29, 1.82) is 0 Å². The third-order valence-electron chi connectivity index (χ3n) is 4.01. The molecule has 5 heteroatoms. The molecule has 1 saturated carbocycles. The topological polar surface area (TPSA) is 60.4 Å². The van der Waals surface area contributed by atoms with Gasteiger partial charge in [0, 0.05) is 6.42 Å². The molecule has 2 unspecified atom stereocenters. The van der Waals surface area contributed by atoms with Crippen LogP contribution < -0.4 is 0 Å². The SMILES string of the molecule is CC1(C)CCC(=O)C(C(OS(C)(=O)=O)c2ccccc2)C1. The number of ketones is 1. The molecule has 4 nitrogen and oxygen atoms in total. The van der Waals surface area contributed by atoms with Gasteiger partial charge in [-0.05, 0) is 23.8 Å². The number of hydrogen-bond donors (Lipinski definition) is 0. The molecule has 2 rings (SSSR count). The van der Waals surface area contributed by atoms with Crippen LogP contribution in [0.4, 0.5) is 0 Å². The lowest BCUT2D eigenvalue weighted by molar-refractivity contribution is -0.130. The molecule has 1 aliphatic carbocycles. The van der Waals surface area contributed by atoms with E-state index in [0.717, 1.165) is 18.2 Å². The van der Waals surface area contributed by atoms with Gasteiger partial charge in [0.05, 0.1) is 12.2 Å². The molecule has 0 aliphatic heterocycles. The number of carbonyl (C=O) groups is 1. The second-order valence-electron chi connectivity index (χ2n) is 6.57. The fraction of sp³-hybridized carbons (Fsp3) is 0.562. The van der Waals surface area contributed by atoms with Crippen LogP contribution in [0.2, 0.25) is 0 Å². The number of benzene rings is 1. The first-order valence-electron chi connectivity index (χ1n) is 7.14. The van der Waals surface area contributed by atoms with E-state index >= 15 is 0 Å². The first-order valence-corrected chi connectivity index (χ1v) is 8.95. The van der Waals surface area contributed by atoms with E-state index < -0.39 is 22.1 Å². The average Bonchev–Trinajstić information content (AvgIpc) is 2.39. The van der Waals surface area contributed by atoms with Crippen LogP contribution in [0.5, 0.6) is 0 Å². The lowest BCUT2D eigenvalue weighted by atomic mass is 9.69. The highest BCUT2D eigenvalue weighted by molar-refractivity contribution is 7.86. The van der Waals surface area contributed by atoms with Gasteiger partial charge < -0.3 is 0 Å². The van der Waals surface area contributed by atoms with Crippen LogP contribution in [0.3, 0.4) is 0 Å². The molecule has 0 N–H and O–H groups in total. The Labute approximate surface area is 126 Å². The van der Waals surface area contributed by atoms with Crippen molar-refractivity contribution in [3.05, 3.63) is 35.9 Å². The molecule has 0 saturated heterocycles. The fourth-order valence-corrected chi connectivity index (χ4v) is 3.54. The summed E-state index contributed by atoms with van der Waals surface area (Å²) in [6.45, 7) is 4.21. The maximum atomic E-state index is 12.3. The van der Waals surface area contributed by atoms with E-state index in [0.29, 0.717) is 12.8 Å². The van der Waals surface area contributed by atoms with E-state index in [1.807, 2.05) is 30.3 Å². The Kier molecular flexibility index (Phi) is 4.54. The Morgan fingerprint density at radius 3 is 2.43 bits per heavy atom. The van der Waals surface area contributed by atoms with Crippen molar-refractivity contribution in [2.75, 3.05) is 6.26 Å². The lowest BCUT2D eigenvalue weighted by Gasteiger charge is -2.37. The summed E-state index contributed by atoms with van der Waals surface area (Å²) in [6.07, 6.45) is 2.26. The van der Waals surface area contributed by atoms with E-state index in [1.54, 1.807) is 0 Å². The van der Waals surface area contributed by atoms with Crippen molar-refractivity contribution in [3.8, 4) is 0 Å². The summed E-state index contributed by atoms with van der Waals surface area (Å²) in [7, 11) is -3.63. The molecule has 1 aromatic carbocycles. The second-order valence-corrected chi connectivity index (χ2v) is 8.17. The predicted molar refractivity (Wildman–Crippen MR) is 81.2 cm³/mol. The smallest absolute Gasteiger partial charge is 0.264 e. The molecule has 1 fully saturated rings. The maximum absolute atomic E-state index is 12.3. The summed E-state index contributed by atoms with van der Waals surface area (Å²) in [5, 5.41) is 0. The molecule has 21 heavy (non-hydrogen) atoms. The van der Waals surface area contributed by atoms with Crippen LogP contribution in [0, 0.1) is 11.3 Å². The van der Waals surface area contributed by atoms with Crippen LogP contribution in [-0.2, 0) is 19.1 Å². The highest BCUT2D eigenvalue weighted by Gasteiger charge is 2.40. The van der Waals surface area contributed by atoms with Crippen LogP contribution in [0.25, 0.3) is 0 Å². The molecule has 0 spiro atoms. The summed E-state index contributed by atoms with van der Waals surface area (Å²) >= 11 is 0. The van der Waals surface area contributed by atoms with Crippen LogP contribution >= 0.6 is 0 Å². The summed E-state index contributed by atoms with van der Waals surface area (Å²) in [5.74, 6) is -0.322. The van der Waals surface area contributed by atoms with Crippen LogP contribution in [0.1, 0.15) is 44.8 Å². The molecule has 0 amide bonds. The van der Waals surface area contributed by atoms with E-state index in [9.17, 15) is 13.2 Å². The van der Waals surface area contributed by atoms with Crippen molar-refractivity contribution in [3.63, 3.8) is 0 Å². The molecular formula is C16H22O4S. The Morgan fingerprint density at radius 1 is 1.24 bits per heavy atom. The van der Waals surface area contributed by atoms with Crippen molar-refractivity contribution < 1.29 is 17.4 Å². The highest BCUT2D eigenvalue weighted by Crippen LogP contribution is 2.43. The zero-order chi connectivity index (χ0) is 15.7. The van der Waals surface area contributed by atoms with Gasteiger partial charge in [-0.15, -0.1) is 0 Å². The lowest BCUT2D eigenvalue weighted by Crippen LogP contribution is -2.35. The third kappa shape index (κ3) is 4.38. The van der Waals surface area contributed by atoms with Gasteiger partial charge in [-0.1, -0.05) is 44.2 Å². The van der Waals surface area contributed by atoms with Gasteiger partial charge in [-0.2, -0.15) is 8.42 Å². The monoisotopic (exact) mass is 310 g/mol. The predicted octanol–water partition coefficient (Wildman–Crippen LogP) is 3.10. The minimum atomic E-state index is -3.63. The van der Waals surface area contributed by atoms with Gasteiger partial charge in [0.2, 0.25) is 0 Å². The van der Waals surface area contributed by atoms with Gasteiger partial charge in [-0.3, -0.25) is 8.98 Å². The summed E-state index contributed by atoms with van der Waals surface area (Å²) in [6, 6.07) is 9.13. The maximum Gasteiger partial charge on any atom is 0.264 e. The van der Waals surface area contributed by atoms with Crippen LogP contribution in [0.15, 0.2) is 30.3 Å². The van der Waals surface area contributed by atoms with E-state index in [2.05, 4.69) is 13.8 Å². The van der Waals surface area contributed by atoms with Crippen molar-refractivity contribution in [2.24, 2.45) is 11.3 Å². The first-order chi connectivity index (χ1) is 9.68. The molecule has 1 aliphatic rings. The number of Topliss-reactive ketones (excluding diaryl/α,β-unsaturated/α-hetero) is 1. The number of hydrogen-bond acceptors (Lipinski definition) is 4. The average molecular weight is 310 g/mol. The van der Waals surface area contributed by atoms with Gasteiger partial charge >= 0.3 is 0 Å². The minimum absolute atomic E-state index is 0.0203. The Bertz CT molecular complexity index is 604. The van der Waals surface area contributed by atoms with E-state index in [4.69, 9.17) is 4.18 Å². The van der Waals surface area contributed by atoms with Crippen LogP contribution in [-0.4, -0.2) is 20.5 Å². The molecule has 0 bridgehead atoms. The summed E-state index contributed by atoms with van der Waals surface area (Å²) in [4.78, 5) is 12.3. The largest absolute Gasteiger partial charge is 0.299 e. The molecule has 116 valence electrons. The summed E-state index contributed by atoms with van der Waals surface area (Å²) < 4.78 is 28.5. The molecule has 0 heterocycles. The Hall–Kier alpha value is -1.20. The van der Waals surface area contributed by atoms with Crippen molar-refractivity contribution >= 4 is 15.9 Å². The van der Waals surface area contributed by atoms with E-state index in [-0.39, 0.29) is 11.2 Å². The first kappa shape index (κ1) is 16.2. The zero-order valence-electron chi connectivity index (χ0n) is 12.7. The second kappa shape index (κ2) is 5.89. The van der Waals surface area contributed by atoms with Gasteiger partial charge in [0.15, 0.2) is 0 Å². The zero-order valence-corrected chi connectivity index (χ0v) is 13.5. The number of rotatable bonds is 4. The molecule has 0 radical (unpaired) electrons. The summed E-state index contributed by atoms with van der Waals surface area (Å²) in [5.41, 5.74) is 0.755. The van der Waals surface area contributed by atoms with Gasteiger partial charge in [0.25, 0.3) is 10.1 Å². The molecular weight excluding hydrogens is 288 g/mol. The third-order valence-corrected chi connectivity index (χ3v) is 4.56. The Balaban J connectivity index is 2.37. The van der Waals surface area contributed by atoms with E-state index in [1.165, 1.54) is 0 Å². The van der Waals surface area contributed by atoms with Crippen molar-refractivity contribution in [1.82, 2.24) is 0 Å². The molecule has 0 aromatic heterocycles. The molecule has 1 aromatic rings.